The fourth-order valence-corrected chi connectivity index (χ4v) is 3.33. The van der Waals surface area contributed by atoms with Crippen molar-refractivity contribution in [1.29, 1.82) is 0 Å². The molecule has 1 aromatic heterocycles. The Hall–Kier alpha value is -0.660. The molecule has 1 heterocycles. The van der Waals surface area contributed by atoms with Gasteiger partial charge in [-0.25, -0.2) is 4.98 Å². The molecule has 1 fully saturated rings. The van der Waals surface area contributed by atoms with Gasteiger partial charge in [0.15, 0.2) is 5.69 Å². The first-order valence-corrected chi connectivity index (χ1v) is 7.59. The van der Waals surface area contributed by atoms with Crippen molar-refractivity contribution >= 4 is 11.3 Å². The lowest BCUT2D eigenvalue weighted by atomic mass is 10.2. The molecule has 0 spiro atoms. The lowest BCUT2D eigenvalue weighted by Crippen LogP contribution is -2.17. The number of rotatable bonds is 7. The highest BCUT2D eigenvalue weighted by molar-refractivity contribution is 7.11. The van der Waals surface area contributed by atoms with Crippen LogP contribution in [0.2, 0.25) is 0 Å². The van der Waals surface area contributed by atoms with Gasteiger partial charge in [0.2, 0.25) is 0 Å². The summed E-state index contributed by atoms with van der Waals surface area (Å²) in [5.74, 6) is 0.323. The molecule has 7 heteroatoms. The first-order valence-electron chi connectivity index (χ1n) is 6.77. The minimum absolute atomic E-state index is 0.210. The summed E-state index contributed by atoms with van der Waals surface area (Å²) in [5, 5.41) is 3.46. The number of nitrogens with zero attached hydrogens (tertiary/aromatic N) is 1. The standard InChI is InChI=1S/C13H19F3N2OS/c1-3-6-17-7-9-11(13(14,15)16)18-12(20-9)10(19-2)8-4-5-8/h8,10,17H,3-7H2,1-2H3. The fourth-order valence-electron chi connectivity index (χ4n) is 2.11. The van der Waals surface area contributed by atoms with Crippen LogP contribution in [0.1, 0.15) is 47.9 Å². The number of ether oxygens (including phenoxy) is 1. The minimum Gasteiger partial charge on any atom is -0.374 e. The van der Waals surface area contributed by atoms with Crippen molar-refractivity contribution < 1.29 is 17.9 Å². The quantitative estimate of drug-likeness (QED) is 0.779. The van der Waals surface area contributed by atoms with Crippen LogP contribution in [-0.4, -0.2) is 18.6 Å². The van der Waals surface area contributed by atoms with Crippen LogP contribution >= 0.6 is 11.3 Å². The van der Waals surface area contributed by atoms with E-state index in [1.807, 2.05) is 6.92 Å². The first-order chi connectivity index (χ1) is 9.47. The minimum atomic E-state index is -4.40. The van der Waals surface area contributed by atoms with E-state index in [9.17, 15) is 13.2 Å². The van der Waals surface area contributed by atoms with E-state index in [1.54, 1.807) is 0 Å². The molecule has 1 saturated carbocycles. The third kappa shape index (κ3) is 3.71. The third-order valence-electron chi connectivity index (χ3n) is 3.24. The zero-order valence-electron chi connectivity index (χ0n) is 11.6. The molecule has 1 aliphatic rings. The Balaban J connectivity index is 2.21. The number of hydrogen-bond donors (Lipinski definition) is 1. The summed E-state index contributed by atoms with van der Waals surface area (Å²) >= 11 is 1.12. The Morgan fingerprint density at radius 1 is 1.45 bits per heavy atom. The second kappa shape index (κ2) is 6.41. The molecule has 3 nitrogen and oxygen atoms in total. The topological polar surface area (TPSA) is 34.1 Å². The average Bonchev–Trinajstić information content (AvgIpc) is 3.10. The number of thiazole rings is 1. The Morgan fingerprint density at radius 3 is 2.65 bits per heavy atom. The van der Waals surface area contributed by atoms with Gasteiger partial charge < -0.3 is 10.1 Å². The van der Waals surface area contributed by atoms with Crippen molar-refractivity contribution in [1.82, 2.24) is 10.3 Å². The SMILES string of the molecule is CCCNCc1sc(C(OC)C2CC2)nc1C(F)(F)F. The van der Waals surface area contributed by atoms with Gasteiger partial charge in [0.25, 0.3) is 0 Å². The average molecular weight is 308 g/mol. The Morgan fingerprint density at radius 2 is 2.15 bits per heavy atom. The van der Waals surface area contributed by atoms with E-state index in [0.717, 1.165) is 30.6 Å². The van der Waals surface area contributed by atoms with E-state index in [0.29, 0.717) is 17.5 Å². The maximum Gasteiger partial charge on any atom is 0.434 e. The van der Waals surface area contributed by atoms with E-state index in [-0.39, 0.29) is 17.5 Å². The van der Waals surface area contributed by atoms with E-state index in [2.05, 4.69) is 10.3 Å². The summed E-state index contributed by atoms with van der Waals surface area (Å²) in [4.78, 5) is 4.07. The molecule has 20 heavy (non-hydrogen) atoms. The summed E-state index contributed by atoms with van der Waals surface area (Å²) in [7, 11) is 1.53. The Bertz CT molecular complexity index is 443. The highest BCUT2D eigenvalue weighted by atomic mass is 32.1. The predicted octanol–water partition coefficient (Wildman–Crippen LogP) is 3.76. The lowest BCUT2D eigenvalue weighted by Gasteiger charge is -2.10. The van der Waals surface area contributed by atoms with Crippen molar-refractivity contribution in [3.8, 4) is 0 Å². The van der Waals surface area contributed by atoms with E-state index in [1.165, 1.54) is 7.11 Å². The fraction of sp³-hybridized carbons (Fsp3) is 0.769. The van der Waals surface area contributed by atoms with Crippen molar-refractivity contribution in [3.05, 3.63) is 15.6 Å². The largest absolute Gasteiger partial charge is 0.434 e. The maximum atomic E-state index is 13.0. The molecule has 1 atom stereocenters. The highest BCUT2D eigenvalue weighted by Crippen LogP contribution is 2.46. The Kier molecular flexibility index (Phi) is 5.04. The van der Waals surface area contributed by atoms with Crippen LogP contribution in [0.15, 0.2) is 0 Å². The monoisotopic (exact) mass is 308 g/mol. The number of nitrogens with one attached hydrogen (secondary N) is 1. The molecule has 0 saturated heterocycles. The first kappa shape index (κ1) is 15.7. The van der Waals surface area contributed by atoms with E-state index in [4.69, 9.17) is 4.74 Å². The number of methoxy groups -OCH3 is 1. The molecule has 114 valence electrons. The molecule has 0 bridgehead atoms. The van der Waals surface area contributed by atoms with Crippen LogP contribution < -0.4 is 5.32 Å². The number of aromatic nitrogens is 1. The Labute approximate surface area is 120 Å². The molecule has 1 N–H and O–H groups in total. The summed E-state index contributed by atoms with van der Waals surface area (Å²) in [6.07, 6.45) is -1.80. The van der Waals surface area contributed by atoms with E-state index < -0.39 is 11.9 Å². The van der Waals surface area contributed by atoms with E-state index >= 15 is 0 Å². The lowest BCUT2D eigenvalue weighted by molar-refractivity contribution is -0.141. The summed E-state index contributed by atoms with van der Waals surface area (Å²) in [5.41, 5.74) is -0.760. The zero-order chi connectivity index (χ0) is 14.8. The van der Waals surface area contributed by atoms with Crippen LogP contribution in [0.3, 0.4) is 0 Å². The van der Waals surface area contributed by atoms with Crippen molar-refractivity contribution in [2.24, 2.45) is 5.92 Å². The second-order valence-corrected chi connectivity index (χ2v) is 6.11. The smallest absolute Gasteiger partial charge is 0.374 e. The predicted molar refractivity (Wildman–Crippen MR) is 71.6 cm³/mol. The summed E-state index contributed by atoms with van der Waals surface area (Å²) in [6.45, 7) is 2.88. The maximum absolute atomic E-state index is 13.0. The second-order valence-electron chi connectivity index (χ2n) is 4.99. The molecule has 1 unspecified atom stereocenters. The van der Waals surface area contributed by atoms with Gasteiger partial charge in [-0.05, 0) is 31.7 Å². The molecule has 1 aromatic rings. The van der Waals surface area contributed by atoms with Gasteiger partial charge in [0, 0.05) is 13.7 Å². The summed E-state index contributed by atoms with van der Waals surface area (Å²) < 4.78 is 44.4. The van der Waals surface area contributed by atoms with Gasteiger partial charge in [0.1, 0.15) is 11.1 Å². The molecule has 0 amide bonds. The van der Waals surface area contributed by atoms with Gasteiger partial charge in [-0.1, -0.05) is 6.92 Å². The normalized spacial score (nSPS) is 17.4. The number of hydrogen-bond acceptors (Lipinski definition) is 4. The molecule has 0 aliphatic heterocycles. The highest BCUT2D eigenvalue weighted by Gasteiger charge is 2.40. The van der Waals surface area contributed by atoms with Crippen LogP contribution in [0, 0.1) is 5.92 Å². The molecule has 0 aromatic carbocycles. The van der Waals surface area contributed by atoms with Gasteiger partial charge in [-0.3, -0.25) is 0 Å². The van der Waals surface area contributed by atoms with Gasteiger partial charge in [-0.15, -0.1) is 11.3 Å². The molecular weight excluding hydrogens is 289 g/mol. The van der Waals surface area contributed by atoms with Crippen molar-refractivity contribution in [3.63, 3.8) is 0 Å². The zero-order valence-corrected chi connectivity index (χ0v) is 12.4. The van der Waals surface area contributed by atoms with Crippen LogP contribution in [-0.2, 0) is 17.5 Å². The van der Waals surface area contributed by atoms with Crippen LogP contribution in [0.4, 0.5) is 13.2 Å². The van der Waals surface area contributed by atoms with Gasteiger partial charge in [-0.2, -0.15) is 13.2 Å². The molecule has 1 aliphatic carbocycles. The number of alkyl halides is 3. The van der Waals surface area contributed by atoms with Gasteiger partial charge in [0.05, 0.1) is 4.88 Å². The molecule has 2 rings (SSSR count). The number of halogens is 3. The van der Waals surface area contributed by atoms with Crippen molar-refractivity contribution in [2.45, 2.75) is 45.0 Å². The molecular formula is C13H19F3N2OS. The molecule has 0 radical (unpaired) electrons. The third-order valence-corrected chi connectivity index (χ3v) is 4.36. The van der Waals surface area contributed by atoms with Crippen LogP contribution in [0.25, 0.3) is 0 Å². The summed E-state index contributed by atoms with van der Waals surface area (Å²) in [6, 6.07) is 0. The van der Waals surface area contributed by atoms with Crippen LogP contribution in [0.5, 0.6) is 0 Å². The van der Waals surface area contributed by atoms with Gasteiger partial charge >= 0.3 is 6.18 Å². The van der Waals surface area contributed by atoms with Crippen molar-refractivity contribution in [2.75, 3.05) is 13.7 Å².